The van der Waals surface area contributed by atoms with Gasteiger partial charge < -0.3 is 8.23 Å². The Hall–Kier alpha value is 0.0938. The molecule has 0 amide bonds. The highest BCUT2D eigenvalue weighted by molar-refractivity contribution is 6.67. The van der Waals surface area contributed by atoms with E-state index in [1.165, 1.54) is 0 Å². The van der Waals surface area contributed by atoms with E-state index in [9.17, 15) is 0 Å². The summed E-state index contributed by atoms with van der Waals surface area (Å²) in [5, 5.41) is 0. The van der Waals surface area contributed by atoms with Crippen LogP contribution in [0.4, 0.5) is 0 Å². The minimum Gasteiger partial charge on any atom is -0.419 e. The van der Waals surface area contributed by atoms with Gasteiger partial charge in [0.1, 0.15) is 0 Å². The molecular weight excluding hydrogens is 112 g/mol. The first-order chi connectivity index (χ1) is 2.93. The van der Waals surface area contributed by atoms with Crippen molar-refractivity contribution in [2.45, 2.75) is 0 Å². The first-order valence-corrected chi connectivity index (χ1v) is 4.55. The van der Waals surface area contributed by atoms with Crippen molar-refractivity contribution < 1.29 is 8.23 Å². The molecule has 0 saturated carbocycles. The standard InChI is InChI=1S/C2H6O2Si2/c1-2-6-3-5-4-6/h2,6H,1,5H2. The highest BCUT2D eigenvalue weighted by atomic mass is 28.4. The van der Waals surface area contributed by atoms with E-state index in [-0.39, 0.29) is 0 Å². The van der Waals surface area contributed by atoms with Gasteiger partial charge in [0, 0.05) is 0 Å². The van der Waals surface area contributed by atoms with Gasteiger partial charge in [0.15, 0.2) is 0 Å². The Morgan fingerprint density at radius 1 is 1.67 bits per heavy atom. The lowest BCUT2D eigenvalue weighted by Gasteiger charge is -2.21. The summed E-state index contributed by atoms with van der Waals surface area (Å²) in [7, 11) is -1.62. The van der Waals surface area contributed by atoms with E-state index in [4.69, 9.17) is 8.23 Å². The second-order valence-corrected chi connectivity index (χ2v) is 5.17. The molecule has 1 fully saturated rings. The van der Waals surface area contributed by atoms with Gasteiger partial charge in [-0.25, -0.2) is 0 Å². The lowest BCUT2D eigenvalue weighted by molar-refractivity contribution is 0.326. The third kappa shape index (κ3) is 0.598. The molecule has 1 aliphatic rings. The van der Waals surface area contributed by atoms with Crippen molar-refractivity contribution in [1.29, 1.82) is 0 Å². The summed E-state index contributed by atoms with van der Waals surface area (Å²) >= 11 is 0. The van der Waals surface area contributed by atoms with Gasteiger partial charge in [-0.15, -0.1) is 6.58 Å². The molecule has 1 rings (SSSR count). The predicted molar refractivity (Wildman–Crippen MR) is 28.1 cm³/mol. The van der Waals surface area contributed by atoms with Crippen molar-refractivity contribution in [1.82, 2.24) is 0 Å². The van der Waals surface area contributed by atoms with Gasteiger partial charge >= 0.3 is 9.28 Å². The molecule has 1 saturated heterocycles. The summed E-state index contributed by atoms with van der Waals surface area (Å²) < 4.78 is 10.0. The molecule has 1 aliphatic heterocycles. The maximum atomic E-state index is 5.02. The van der Waals surface area contributed by atoms with Crippen molar-refractivity contribution in [3.05, 3.63) is 12.3 Å². The molecule has 0 unspecified atom stereocenters. The van der Waals surface area contributed by atoms with Crippen molar-refractivity contribution in [3.8, 4) is 0 Å². The molecule has 0 N–H and O–H groups in total. The fourth-order valence-corrected chi connectivity index (χ4v) is 2.54. The van der Waals surface area contributed by atoms with E-state index in [0.717, 1.165) is 0 Å². The SMILES string of the molecule is C=C[SiH]1O[SiH2]O1. The van der Waals surface area contributed by atoms with Gasteiger partial charge in [-0.05, 0) is 0 Å². The first kappa shape index (κ1) is 4.26. The Labute approximate surface area is 40.7 Å². The van der Waals surface area contributed by atoms with Gasteiger partial charge in [0.05, 0.1) is 0 Å². The molecule has 2 nitrogen and oxygen atoms in total. The fourth-order valence-electron chi connectivity index (χ4n) is 0.283. The molecule has 1 heterocycles. The van der Waals surface area contributed by atoms with Crippen LogP contribution < -0.4 is 0 Å². The van der Waals surface area contributed by atoms with Crippen molar-refractivity contribution >= 4 is 19.3 Å². The summed E-state index contributed by atoms with van der Waals surface area (Å²) in [6, 6.07) is 0. The second kappa shape index (κ2) is 1.70. The van der Waals surface area contributed by atoms with Crippen molar-refractivity contribution in [2.75, 3.05) is 0 Å². The molecule has 0 aliphatic carbocycles. The van der Waals surface area contributed by atoms with Crippen LogP contribution in [-0.4, -0.2) is 19.3 Å². The van der Waals surface area contributed by atoms with Gasteiger partial charge in [0.25, 0.3) is 10.0 Å². The maximum absolute atomic E-state index is 5.02. The maximum Gasteiger partial charge on any atom is 0.329 e. The highest BCUT2D eigenvalue weighted by Crippen LogP contribution is 1.97. The van der Waals surface area contributed by atoms with Crippen LogP contribution in [0, 0.1) is 0 Å². The van der Waals surface area contributed by atoms with E-state index in [1.54, 1.807) is 5.70 Å². The summed E-state index contributed by atoms with van der Waals surface area (Å²) in [5.41, 5.74) is 1.79. The molecule has 0 radical (unpaired) electrons. The Kier molecular flexibility index (Phi) is 1.20. The predicted octanol–water partition coefficient (Wildman–Crippen LogP) is -1.02. The number of hydrogen-bond acceptors (Lipinski definition) is 2. The zero-order valence-corrected chi connectivity index (χ0v) is 5.95. The highest BCUT2D eigenvalue weighted by Gasteiger charge is 2.16. The Bertz CT molecular complexity index is 60.6. The van der Waals surface area contributed by atoms with Crippen LogP contribution in [0.15, 0.2) is 12.3 Å². The van der Waals surface area contributed by atoms with Gasteiger partial charge in [-0.2, -0.15) is 0 Å². The summed E-state index contributed by atoms with van der Waals surface area (Å²) in [5.74, 6) is 0. The third-order valence-corrected chi connectivity index (χ3v) is 4.76. The quantitative estimate of drug-likeness (QED) is 0.410. The Morgan fingerprint density at radius 3 is 2.33 bits per heavy atom. The molecule has 0 aromatic rings. The molecular formula is C2H6O2Si2. The normalized spacial score (nSPS) is 35.7. The summed E-state index contributed by atoms with van der Waals surface area (Å²) in [6.07, 6.45) is 0. The minimum atomic E-state index is -1.15. The number of rotatable bonds is 1. The van der Waals surface area contributed by atoms with E-state index in [0.29, 0.717) is 0 Å². The van der Waals surface area contributed by atoms with Crippen LogP contribution in [0.1, 0.15) is 0 Å². The van der Waals surface area contributed by atoms with Crippen LogP contribution in [0.5, 0.6) is 0 Å². The summed E-state index contributed by atoms with van der Waals surface area (Å²) in [4.78, 5) is 0. The molecule has 0 bridgehead atoms. The van der Waals surface area contributed by atoms with E-state index in [2.05, 4.69) is 6.58 Å². The molecule has 0 atom stereocenters. The van der Waals surface area contributed by atoms with Gasteiger partial charge in [-0.1, -0.05) is 5.70 Å². The molecule has 6 heavy (non-hydrogen) atoms. The zero-order chi connectivity index (χ0) is 4.41. The molecule has 0 aromatic carbocycles. The molecule has 4 heteroatoms. The van der Waals surface area contributed by atoms with E-state index >= 15 is 0 Å². The lowest BCUT2D eigenvalue weighted by Crippen LogP contribution is -2.36. The smallest absolute Gasteiger partial charge is 0.329 e. The topological polar surface area (TPSA) is 18.5 Å². The van der Waals surface area contributed by atoms with E-state index < -0.39 is 19.3 Å². The largest absolute Gasteiger partial charge is 0.419 e. The van der Waals surface area contributed by atoms with Crippen LogP contribution >= 0.6 is 0 Å². The zero-order valence-electron chi connectivity index (χ0n) is 3.39. The van der Waals surface area contributed by atoms with Crippen LogP contribution in [0.3, 0.4) is 0 Å². The average molecular weight is 118 g/mol. The van der Waals surface area contributed by atoms with Crippen molar-refractivity contribution in [2.24, 2.45) is 0 Å². The average Bonchev–Trinajstić information content (AvgIpc) is 1.31. The summed E-state index contributed by atoms with van der Waals surface area (Å²) in [6.45, 7) is 3.52. The van der Waals surface area contributed by atoms with Crippen LogP contribution in [-0.2, 0) is 8.23 Å². The molecule has 0 aromatic heterocycles. The van der Waals surface area contributed by atoms with E-state index in [1.807, 2.05) is 0 Å². The van der Waals surface area contributed by atoms with Crippen LogP contribution in [0.2, 0.25) is 0 Å². The molecule has 0 spiro atoms. The van der Waals surface area contributed by atoms with Gasteiger partial charge in [0.2, 0.25) is 0 Å². The number of hydrogen-bond donors (Lipinski definition) is 0. The lowest BCUT2D eigenvalue weighted by atomic mass is 11.3. The monoisotopic (exact) mass is 118 g/mol. The minimum absolute atomic E-state index is 0.463. The molecule has 34 valence electrons. The first-order valence-electron chi connectivity index (χ1n) is 1.79. The second-order valence-electron chi connectivity index (χ2n) is 1.06. The Morgan fingerprint density at radius 2 is 2.33 bits per heavy atom. The fraction of sp³-hybridized carbons (Fsp3) is 0. The third-order valence-electron chi connectivity index (χ3n) is 0.657. The van der Waals surface area contributed by atoms with Crippen molar-refractivity contribution in [3.63, 3.8) is 0 Å². The van der Waals surface area contributed by atoms with Crippen LogP contribution in [0.25, 0.3) is 0 Å². The Balaban J connectivity index is 2.16. The van der Waals surface area contributed by atoms with Gasteiger partial charge in [-0.3, -0.25) is 0 Å².